The predicted molar refractivity (Wildman–Crippen MR) is 136 cm³/mol. The highest BCUT2D eigenvalue weighted by atomic mass is 16.2. The zero-order valence-corrected chi connectivity index (χ0v) is 19.5. The van der Waals surface area contributed by atoms with Gasteiger partial charge >= 0.3 is 5.69 Å². The van der Waals surface area contributed by atoms with E-state index in [1.165, 1.54) is 4.57 Å². The molecule has 0 aliphatic carbocycles. The fourth-order valence-electron chi connectivity index (χ4n) is 4.73. The Balaban J connectivity index is 1.58. The van der Waals surface area contributed by atoms with Crippen LogP contribution in [0.3, 0.4) is 0 Å². The van der Waals surface area contributed by atoms with Crippen LogP contribution in [0.2, 0.25) is 0 Å². The first kappa shape index (κ1) is 22.5. The molecule has 176 valence electrons. The van der Waals surface area contributed by atoms with E-state index in [1.54, 1.807) is 16.7 Å². The van der Waals surface area contributed by atoms with Crippen molar-refractivity contribution in [3.05, 3.63) is 117 Å². The third-order valence-electron chi connectivity index (χ3n) is 6.56. The number of hydrogen-bond donors (Lipinski definition) is 0. The summed E-state index contributed by atoms with van der Waals surface area (Å²) in [5, 5.41) is 9.58. The molecule has 7 heteroatoms. The van der Waals surface area contributed by atoms with Crippen molar-refractivity contribution in [2.75, 3.05) is 18.0 Å². The van der Waals surface area contributed by atoms with Crippen molar-refractivity contribution >= 4 is 5.82 Å². The van der Waals surface area contributed by atoms with Gasteiger partial charge in [-0.2, -0.15) is 5.26 Å². The quantitative estimate of drug-likeness (QED) is 0.435. The fourth-order valence-corrected chi connectivity index (χ4v) is 4.73. The third-order valence-corrected chi connectivity index (χ3v) is 6.56. The largest absolute Gasteiger partial charge is 0.358 e. The summed E-state index contributed by atoms with van der Waals surface area (Å²) in [6, 6.07) is 22.8. The minimum absolute atomic E-state index is 0.174. The van der Waals surface area contributed by atoms with Gasteiger partial charge in [0.1, 0.15) is 5.82 Å². The normalized spacial score (nSPS) is 13.5. The van der Waals surface area contributed by atoms with Crippen LogP contribution in [0, 0.1) is 11.3 Å². The molecular weight excluding hydrogens is 438 g/mol. The lowest BCUT2D eigenvalue weighted by molar-refractivity contribution is 0.542. The second kappa shape index (κ2) is 9.90. The maximum atomic E-state index is 13.8. The van der Waals surface area contributed by atoms with Gasteiger partial charge < -0.3 is 9.47 Å². The van der Waals surface area contributed by atoms with Gasteiger partial charge in [-0.15, -0.1) is 0 Å². The van der Waals surface area contributed by atoms with Crippen LogP contribution in [-0.4, -0.2) is 26.8 Å². The topological polar surface area (TPSA) is 76.0 Å². The van der Waals surface area contributed by atoms with Crippen LogP contribution in [0.4, 0.5) is 5.82 Å². The number of piperidine rings is 1. The van der Waals surface area contributed by atoms with Gasteiger partial charge in [0, 0.05) is 37.2 Å². The third kappa shape index (κ3) is 4.69. The summed E-state index contributed by atoms with van der Waals surface area (Å²) in [6.45, 7) is 2.02. The molecule has 4 aromatic rings. The van der Waals surface area contributed by atoms with Crippen molar-refractivity contribution in [2.24, 2.45) is 0 Å². The van der Waals surface area contributed by atoms with Crippen molar-refractivity contribution in [3.63, 3.8) is 0 Å². The lowest BCUT2D eigenvalue weighted by Gasteiger charge is -2.31. The molecule has 2 aromatic heterocycles. The van der Waals surface area contributed by atoms with E-state index in [4.69, 9.17) is 0 Å². The van der Waals surface area contributed by atoms with Gasteiger partial charge in [-0.1, -0.05) is 30.3 Å². The van der Waals surface area contributed by atoms with E-state index in [2.05, 4.69) is 11.0 Å². The Morgan fingerprint density at radius 3 is 2.34 bits per heavy atom. The van der Waals surface area contributed by atoms with Gasteiger partial charge in [-0.25, -0.2) is 4.79 Å². The Morgan fingerprint density at radius 1 is 0.800 bits per heavy atom. The Kier molecular flexibility index (Phi) is 6.36. The monoisotopic (exact) mass is 465 g/mol. The first-order chi connectivity index (χ1) is 17.1. The van der Waals surface area contributed by atoms with Gasteiger partial charge in [-0.05, 0) is 60.7 Å². The summed E-state index contributed by atoms with van der Waals surface area (Å²) in [5.41, 5.74) is 2.44. The summed E-state index contributed by atoms with van der Waals surface area (Å²) in [4.78, 5) is 29.1. The zero-order valence-electron chi connectivity index (χ0n) is 19.5. The minimum Gasteiger partial charge on any atom is -0.358 e. The molecule has 0 N–H and O–H groups in total. The molecule has 35 heavy (non-hydrogen) atoms. The Bertz CT molecular complexity index is 1490. The molecule has 5 rings (SSSR count). The van der Waals surface area contributed by atoms with Crippen molar-refractivity contribution in [2.45, 2.75) is 32.4 Å². The molecule has 1 fully saturated rings. The average molecular weight is 466 g/mol. The second-order valence-electron chi connectivity index (χ2n) is 8.87. The molecule has 1 saturated heterocycles. The second-order valence-corrected chi connectivity index (χ2v) is 8.87. The number of nitriles is 1. The van der Waals surface area contributed by atoms with E-state index in [1.807, 2.05) is 71.6 Å². The van der Waals surface area contributed by atoms with Crippen LogP contribution in [0.15, 0.2) is 88.7 Å². The molecule has 7 nitrogen and oxygen atoms in total. The summed E-state index contributed by atoms with van der Waals surface area (Å²) in [5.74, 6) is 0.629. The van der Waals surface area contributed by atoms with Crippen LogP contribution in [0.25, 0.3) is 5.69 Å². The number of aromatic nitrogens is 3. The molecule has 0 spiro atoms. The molecule has 0 radical (unpaired) electrons. The molecule has 1 aliphatic rings. The number of benzene rings is 2. The van der Waals surface area contributed by atoms with E-state index in [0.717, 1.165) is 49.2 Å². The lowest BCUT2D eigenvalue weighted by Crippen LogP contribution is -2.44. The van der Waals surface area contributed by atoms with Crippen molar-refractivity contribution < 1.29 is 0 Å². The van der Waals surface area contributed by atoms with Gasteiger partial charge in [0.2, 0.25) is 0 Å². The van der Waals surface area contributed by atoms with Crippen LogP contribution in [-0.2, 0) is 13.1 Å². The summed E-state index contributed by atoms with van der Waals surface area (Å²) < 4.78 is 4.93. The molecule has 2 aromatic carbocycles. The van der Waals surface area contributed by atoms with Gasteiger partial charge in [-0.3, -0.25) is 13.9 Å². The molecule has 0 atom stereocenters. The average Bonchev–Trinajstić information content (AvgIpc) is 3.44. The standard InChI is InChI=1S/C28H27N5O2/c29-19-23-10-2-3-11-24(23)21-32-26(31-15-4-1-5-16-31)18-27(34)33(28(32)35)20-22-9-8-12-25(17-22)30-13-6-7-14-30/h2-3,6-14,17-18H,1,4-5,15-16,20-21H2. The number of hydrogen-bond acceptors (Lipinski definition) is 4. The SMILES string of the molecule is N#Cc1ccccc1Cn1c(N2CCCCC2)cc(=O)n(Cc2cccc(-n3cccc3)c2)c1=O. The Morgan fingerprint density at radius 2 is 1.57 bits per heavy atom. The molecule has 1 aliphatic heterocycles. The number of nitrogens with zero attached hydrogens (tertiary/aromatic N) is 5. The molecule has 0 bridgehead atoms. The van der Waals surface area contributed by atoms with Crippen LogP contribution in [0.5, 0.6) is 0 Å². The molecule has 0 amide bonds. The van der Waals surface area contributed by atoms with Crippen molar-refractivity contribution in [1.29, 1.82) is 5.26 Å². The predicted octanol–water partition coefficient (Wildman–Crippen LogP) is 3.76. The molecule has 0 saturated carbocycles. The molecule has 3 heterocycles. The van der Waals surface area contributed by atoms with Crippen molar-refractivity contribution in [1.82, 2.24) is 13.7 Å². The minimum atomic E-state index is -0.364. The Labute approximate surface area is 203 Å². The highest BCUT2D eigenvalue weighted by Crippen LogP contribution is 2.20. The maximum Gasteiger partial charge on any atom is 0.333 e. The summed E-state index contributed by atoms with van der Waals surface area (Å²) in [6.07, 6.45) is 7.11. The molecule has 0 unspecified atom stereocenters. The smallest absolute Gasteiger partial charge is 0.333 e. The number of rotatable bonds is 6. The van der Waals surface area contributed by atoms with Crippen LogP contribution in [0.1, 0.15) is 36.0 Å². The first-order valence-corrected chi connectivity index (χ1v) is 11.9. The van der Waals surface area contributed by atoms with Crippen LogP contribution < -0.4 is 16.1 Å². The van der Waals surface area contributed by atoms with E-state index in [9.17, 15) is 14.9 Å². The summed E-state index contributed by atoms with van der Waals surface area (Å²) >= 11 is 0. The van der Waals surface area contributed by atoms with Crippen molar-refractivity contribution in [3.8, 4) is 11.8 Å². The highest BCUT2D eigenvalue weighted by Gasteiger charge is 2.20. The van der Waals surface area contributed by atoms with Gasteiger partial charge in [0.25, 0.3) is 5.56 Å². The maximum absolute atomic E-state index is 13.8. The summed E-state index contributed by atoms with van der Waals surface area (Å²) in [7, 11) is 0. The lowest BCUT2D eigenvalue weighted by atomic mass is 10.1. The van der Waals surface area contributed by atoms with Gasteiger partial charge in [0.15, 0.2) is 0 Å². The zero-order chi connectivity index (χ0) is 24.2. The fraction of sp³-hybridized carbons (Fsp3) is 0.250. The van der Waals surface area contributed by atoms with Crippen LogP contribution >= 0.6 is 0 Å². The number of anilines is 1. The Hall–Kier alpha value is -4.31. The first-order valence-electron chi connectivity index (χ1n) is 11.9. The molecular formula is C28H27N5O2. The van der Waals surface area contributed by atoms with E-state index in [-0.39, 0.29) is 24.3 Å². The van der Waals surface area contributed by atoms with E-state index in [0.29, 0.717) is 11.4 Å². The van der Waals surface area contributed by atoms with E-state index < -0.39 is 0 Å². The highest BCUT2D eigenvalue weighted by molar-refractivity contribution is 5.43. The van der Waals surface area contributed by atoms with E-state index >= 15 is 0 Å². The van der Waals surface area contributed by atoms with Gasteiger partial charge in [0.05, 0.1) is 24.7 Å².